The fraction of sp³-hybridized carbons (Fsp3) is 0.125. The summed E-state index contributed by atoms with van der Waals surface area (Å²) in [6.07, 6.45) is 3.37. The zero-order valence-electron chi connectivity index (χ0n) is 11.9. The molecule has 0 fully saturated rings. The lowest BCUT2D eigenvalue weighted by Gasteiger charge is -2.14. The van der Waals surface area contributed by atoms with Crippen LogP contribution < -0.4 is 0 Å². The lowest BCUT2D eigenvalue weighted by atomic mass is 10.2. The number of pyridine rings is 2. The van der Waals surface area contributed by atoms with Crippen molar-refractivity contribution in [1.82, 2.24) is 19.7 Å². The second kappa shape index (κ2) is 5.77. The van der Waals surface area contributed by atoms with Crippen LogP contribution in [0.4, 0.5) is 0 Å². The highest BCUT2D eigenvalue weighted by Crippen LogP contribution is 2.25. The quantitative estimate of drug-likeness (QED) is 0.800. The maximum absolute atomic E-state index is 11.2. The van der Waals surface area contributed by atoms with Gasteiger partial charge in [-0.3, -0.25) is 14.6 Å². The Balaban J connectivity index is 2.12. The summed E-state index contributed by atoms with van der Waals surface area (Å²) in [5.41, 5.74) is 2.12. The van der Waals surface area contributed by atoms with E-state index in [-0.39, 0.29) is 11.7 Å². The van der Waals surface area contributed by atoms with Gasteiger partial charge in [0.05, 0.1) is 23.1 Å². The number of hydrogen-bond donors (Lipinski definition) is 1. The molecular formula is C16H14N4O2. The van der Waals surface area contributed by atoms with E-state index in [4.69, 9.17) is 0 Å². The Morgan fingerprint density at radius 1 is 1.14 bits per heavy atom. The summed E-state index contributed by atoms with van der Waals surface area (Å²) < 4.78 is 1.65. The lowest BCUT2D eigenvalue weighted by Crippen LogP contribution is -2.12. The Morgan fingerprint density at radius 3 is 2.45 bits per heavy atom. The molecule has 1 atom stereocenters. The van der Waals surface area contributed by atoms with E-state index < -0.39 is 5.97 Å². The Hall–Kier alpha value is -3.02. The average molecular weight is 294 g/mol. The van der Waals surface area contributed by atoms with Crippen LogP contribution in [0.25, 0.3) is 11.4 Å². The van der Waals surface area contributed by atoms with Crippen molar-refractivity contribution in [3.05, 3.63) is 66.2 Å². The minimum atomic E-state index is -1.07. The van der Waals surface area contributed by atoms with Gasteiger partial charge in [-0.05, 0) is 31.2 Å². The summed E-state index contributed by atoms with van der Waals surface area (Å²) in [6, 6.07) is 12.4. The number of nitrogens with zero attached hydrogens (tertiary/aromatic N) is 4. The summed E-state index contributed by atoms with van der Waals surface area (Å²) >= 11 is 0. The standard InChI is InChI=1S/C16H14N4O2/c1-11(12-6-2-4-8-17-12)20-15(10-14(19-20)16(21)22)13-7-3-5-9-18-13/h2-11H,1H3,(H,21,22). The molecule has 1 unspecified atom stereocenters. The molecule has 3 heterocycles. The van der Waals surface area contributed by atoms with Crippen LogP contribution in [-0.2, 0) is 0 Å². The van der Waals surface area contributed by atoms with Gasteiger partial charge >= 0.3 is 5.97 Å². The molecule has 0 radical (unpaired) electrons. The van der Waals surface area contributed by atoms with Gasteiger partial charge in [-0.2, -0.15) is 5.10 Å². The molecule has 0 amide bonds. The number of hydrogen-bond acceptors (Lipinski definition) is 4. The van der Waals surface area contributed by atoms with Crippen molar-refractivity contribution in [2.75, 3.05) is 0 Å². The molecule has 0 aromatic carbocycles. The van der Waals surface area contributed by atoms with Gasteiger partial charge < -0.3 is 5.11 Å². The van der Waals surface area contributed by atoms with Crippen LogP contribution in [-0.4, -0.2) is 30.8 Å². The average Bonchev–Trinajstić information content (AvgIpc) is 3.01. The van der Waals surface area contributed by atoms with Gasteiger partial charge in [0.1, 0.15) is 0 Å². The van der Waals surface area contributed by atoms with E-state index in [1.807, 2.05) is 43.3 Å². The molecule has 3 aromatic rings. The number of carbonyl (C=O) groups is 1. The molecule has 0 aliphatic heterocycles. The fourth-order valence-electron chi connectivity index (χ4n) is 2.25. The minimum Gasteiger partial charge on any atom is -0.476 e. The summed E-state index contributed by atoms with van der Waals surface area (Å²) in [7, 11) is 0. The van der Waals surface area contributed by atoms with Gasteiger partial charge in [0, 0.05) is 18.5 Å². The zero-order valence-corrected chi connectivity index (χ0v) is 11.9. The molecule has 6 nitrogen and oxygen atoms in total. The van der Waals surface area contributed by atoms with Crippen molar-refractivity contribution in [2.45, 2.75) is 13.0 Å². The Kier molecular flexibility index (Phi) is 3.65. The van der Waals surface area contributed by atoms with Crippen LogP contribution in [0.1, 0.15) is 29.1 Å². The van der Waals surface area contributed by atoms with Gasteiger partial charge in [0.25, 0.3) is 0 Å². The van der Waals surface area contributed by atoms with Crippen LogP contribution in [0.2, 0.25) is 0 Å². The summed E-state index contributed by atoms with van der Waals surface area (Å²) in [6.45, 7) is 1.92. The largest absolute Gasteiger partial charge is 0.476 e. The predicted molar refractivity (Wildman–Crippen MR) is 80.5 cm³/mol. The van der Waals surface area contributed by atoms with Gasteiger partial charge in [-0.1, -0.05) is 12.1 Å². The first-order valence-corrected chi connectivity index (χ1v) is 6.82. The summed E-state index contributed by atoms with van der Waals surface area (Å²) in [5, 5.41) is 13.4. The number of aromatic carboxylic acids is 1. The molecule has 22 heavy (non-hydrogen) atoms. The van der Waals surface area contributed by atoms with Crippen LogP contribution in [0.3, 0.4) is 0 Å². The fourth-order valence-corrected chi connectivity index (χ4v) is 2.25. The predicted octanol–water partition coefficient (Wildman–Crippen LogP) is 2.65. The molecule has 0 saturated carbocycles. The molecule has 0 aliphatic rings. The van der Waals surface area contributed by atoms with E-state index in [1.165, 1.54) is 6.07 Å². The molecule has 6 heteroatoms. The van der Waals surface area contributed by atoms with E-state index in [0.717, 1.165) is 5.69 Å². The van der Waals surface area contributed by atoms with E-state index in [2.05, 4.69) is 15.1 Å². The first-order chi connectivity index (χ1) is 10.7. The second-order valence-corrected chi connectivity index (χ2v) is 4.81. The first-order valence-electron chi connectivity index (χ1n) is 6.82. The maximum Gasteiger partial charge on any atom is 0.356 e. The highest BCUT2D eigenvalue weighted by atomic mass is 16.4. The Bertz CT molecular complexity index is 784. The molecule has 3 rings (SSSR count). The smallest absolute Gasteiger partial charge is 0.356 e. The van der Waals surface area contributed by atoms with Crippen molar-refractivity contribution >= 4 is 5.97 Å². The maximum atomic E-state index is 11.2. The molecule has 0 spiro atoms. The molecular weight excluding hydrogens is 280 g/mol. The van der Waals surface area contributed by atoms with E-state index in [1.54, 1.807) is 17.1 Å². The van der Waals surface area contributed by atoms with Gasteiger partial charge in [0.15, 0.2) is 5.69 Å². The van der Waals surface area contributed by atoms with E-state index >= 15 is 0 Å². The van der Waals surface area contributed by atoms with E-state index in [9.17, 15) is 9.90 Å². The monoisotopic (exact) mass is 294 g/mol. The third kappa shape index (κ3) is 2.58. The van der Waals surface area contributed by atoms with Crippen LogP contribution in [0.5, 0.6) is 0 Å². The van der Waals surface area contributed by atoms with Crippen LogP contribution >= 0.6 is 0 Å². The van der Waals surface area contributed by atoms with Crippen molar-refractivity contribution in [3.8, 4) is 11.4 Å². The number of carboxylic acid groups (broad SMARTS) is 1. The van der Waals surface area contributed by atoms with Crippen LogP contribution in [0, 0.1) is 0 Å². The number of carboxylic acids is 1. The molecule has 0 aliphatic carbocycles. The topological polar surface area (TPSA) is 80.9 Å². The minimum absolute atomic E-state index is 0.0107. The third-order valence-electron chi connectivity index (χ3n) is 3.36. The summed E-state index contributed by atoms with van der Waals surface area (Å²) in [4.78, 5) is 19.8. The highest BCUT2D eigenvalue weighted by Gasteiger charge is 2.20. The first kappa shape index (κ1) is 13.9. The van der Waals surface area contributed by atoms with E-state index in [0.29, 0.717) is 11.4 Å². The van der Waals surface area contributed by atoms with Crippen LogP contribution in [0.15, 0.2) is 54.9 Å². The van der Waals surface area contributed by atoms with Crippen molar-refractivity contribution in [1.29, 1.82) is 0 Å². The van der Waals surface area contributed by atoms with Gasteiger partial charge in [-0.15, -0.1) is 0 Å². The zero-order chi connectivity index (χ0) is 15.5. The van der Waals surface area contributed by atoms with Crippen molar-refractivity contribution < 1.29 is 9.90 Å². The van der Waals surface area contributed by atoms with Gasteiger partial charge in [0.2, 0.25) is 0 Å². The Labute approximate surface area is 127 Å². The second-order valence-electron chi connectivity index (χ2n) is 4.81. The SMILES string of the molecule is CC(c1ccccn1)n1nc(C(=O)O)cc1-c1ccccn1. The number of rotatable bonds is 4. The molecule has 110 valence electrons. The molecule has 3 aromatic heterocycles. The lowest BCUT2D eigenvalue weighted by molar-refractivity contribution is 0.0689. The molecule has 1 N–H and O–H groups in total. The van der Waals surface area contributed by atoms with Crippen molar-refractivity contribution in [3.63, 3.8) is 0 Å². The molecule has 0 bridgehead atoms. The Morgan fingerprint density at radius 2 is 1.86 bits per heavy atom. The summed E-state index contributed by atoms with van der Waals surface area (Å²) in [5.74, 6) is -1.07. The number of aromatic nitrogens is 4. The molecule has 0 saturated heterocycles. The highest BCUT2D eigenvalue weighted by molar-refractivity contribution is 5.86. The van der Waals surface area contributed by atoms with Crippen molar-refractivity contribution in [2.24, 2.45) is 0 Å². The third-order valence-corrected chi connectivity index (χ3v) is 3.36. The van der Waals surface area contributed by atoms with Gasteiger partial charge in [-0.25, -0.2) is 4.79 Å². The normalized spacial score (nSPS) is 12.0.